The van der Waals surface area contributed by atoms with Gasteiger partial charge in [0.1, 0.15) is 6.04 Å². The number of hydrogen-bond acceptors (Lipinski definition) is 5. The van der Waals surface area contributed by atoms with Crippen LogP contribution in [0.3, 0.4) is 0 Å². The van der Waals surface area contributed by atoms with E-state index in [9.17, 15) is 9.59 Å². The number of aliphatic carboxylic acids is 1. The number of amides is 1. The van der Waals surface area contributed by atoms with E-state index in [-0.39, 0.29) is 25.0 Å². The predicted molar refractivity (Wildman–Crippen MR) is 67.0 cm³/mol. The third-order valence-corrected chi connectivity index (χ3v) is 2.90. The van der Waals surface area contributed by atoms with E-state index < -0.39 is 12.0 Å². The molecule has 0 aromatic heterocycles. The molecule has 0 rings (SSSR count). The Morgan fingerprint density at radius 2 is 2.18 bits per heavy atom. The van der Waals surface area contributed by atoms with E-state index in [0.717, 1.165) is 0 Å². The van der Waals surface area contributed by atoms with Crippen LogP contribution in [0.2, 0.25) is 0 Å². The first-order chi connectivity index (χ1) is 8.04. The second-order valence-corrected chi connectivity index (χ2v) is 4.52. The highest BCUT2D eigenvalue weighted by Gasteiger charge is 2.20. The minimum Gasteiger partial charge on any atom is -0.480 e. The lowest BCUT2D eigenvalue weighted by atomic mass is 10.2. The Morgan fingerprint density at radius 3 is 2.59 bits per heavy atom. The van der Waals surface area contributed by atoms with Gasteiger partial charge in [-0.05, 0) is 18.4 Å². The van der Waals surface area contributed by atoms with Gasteiger partial charge < -0.3 is 20.9 Å². The van der Waals surface area contributed by atoms with Gasteiger partial charge in [-0.2, -0.15) is 11.8 Å². The Kier molecular flexibility index (Phi) is 8.83. The van der Waals surface area contributed by atoms with E-state index >= 15 is 0 Å². The largest absolute Gasteiger partial charge is 0.480 e. The molecule has 0 radical (unpaired) electrons. The van der Waals surface area contributed by atoms with Crippen LogP contribution in [0.25, 0.3) is 0 Å². The Morgan fingerprint density at radius 1 is 1.53 bits per heavy atom. The summed E-state index contributed by atoms with van der Waals surface area (Å²) in [7, 11) is 1.47. The minimum atomic E-state index is -1.02. The van der Waals surface area contributed by atoms with Crippen molar-refractivity contribution in [2.75, 3.05) is 25.7 Å². The van der Waals surface area contributed by atoms with Gasteiger partial charge in [-0.1, -0.05) is 0 Å². The molecule has 6 nitrogen and oxygen atoms in total. The molecule has 0 saturated carbocycles. The van der Waals surface area contributed by atoms with Crippen molar-refractivity contribution in [2.45, 2.75) is 25.0 Å². The summed E-state index contributed by atoms with van der Waals surface area (Å²) in [4.78, 5) is 22.4. The van der Waals surface area contributed by atoms with Crippen molar-refractivity contribution in [2.24, 2.45) is 5.73 Å². The molecule has 0 saturated heterocycles. The van der Waals surface area contributed by atoms with E-state index in [0.29, 0.717) is 12.2 Å². The lowest BCUT2D eigenvalue weighted by Crippen LogP contribution is -2.43. The number of ether oxygens (including phenoxy) is 1. The zero-order valence-corrected chi connectivity index (χ0v) is 11.0. The van der Waals surface area contributed by atoms with Gasteiger partial charge in [-0.3, -0.25) is 4.79 Å². The molecule has 0 fully saturated rings. The lowest BCUT2D eigenvalue weighted by molar-refractivity contribution is -0.142. The standard InChI is InChI=1S/C10H20N2O4S/c1-16-7(6-11)5-9(13)12-8(10(14)15)3-4-17-2/h7-8H,3-6,11H2,1-2H3,(H,12,13)(H,14,15)/t7?,8-/m1/s1. The maximum Gasteiger partial charge on any atom is 0.326 e. The number of rotatable bonds is 9. The van der Waals surface area contributed by atoms with Gasteiger partial charge in [0, 0.05) is 13.7 Å². The number of thioether (sulfide) groups is 1. The minimum absolute atomic E-state index is 0.0794. The number of carbonyl (C=O) groups excluding carboxylic acids is 1. The highest BCUT2D eigenvalue weighted by Crippen LogP contribution is 2.02. The van der Waals surface area contributed by atoms with Crippen molar-refractivity contribution in [1.29, 1.82) is 0 Å². The molecule has 1 amide bonds. The molecular weight excluding hydrogens is 244 g/mol. The number of carboxylic acid groups (broad SMARTS) is 1. The Hall–Kier alpha value is -0.790. The van der Waals surface area contributed by atoms with Crippen LogP contribution in [0.5, 0.6) is 0 Å². The first-order valence-corrected chi connectivity index (χ1v) is 6.68. The summed E-state index contributed by atoms with van der Waals surface area (Å²) in [5.74, 6) is -0.688. The molecule has 2 atom stereocenters. The van der Waals surface area contributed by atoms with Crippen LogP contribution >= 0.6 is 11.8 Å². The maximum absolute atomic E-state index is 11.5. The zero-order valence-electron chi connectivity index (χ0n) is 10.1. The van der Waals surface area contributed by atoms with Gasteiger partial charge in [0.25, 0.3) is 0 Å². The molecule has 0 heterocycles. The predicted octanol–water partition coefficient (Wildman–Crippen LogP) is -0.327. The number of nitrogens with one attached hydrogen (secondary N) is 1. The first-order valence-electron chi connectivity index (χ1n) is 5.29. The number of nitrogens with two attached hydrogens (primary N) is 1. The van der Waals surface area contributed by atoms with Crippen molar-refractivity contribution in [3.05, 3.63) is 0 Å². The molecule has 7 heteroatoms. The normalized spacial score (nSPS) is 14.1. The van der Waals surface area contributed by atoms with Gasteiger partial charge in [-0.15, -0.1) is 0 Å². The highest BCUT2D eigenvalue weighted by molar-refractivity contribution is 7.98. The van der Waals surface area contributed by atoms with E-state index in [2.05, 4.69) is 5.32 Å². The van der Waals surface area contributed by atoms with Gasteiger partial charge in [-0.25, -0.2) is 4.79 Å². The monoisotopic (exact) mass is 264 g/mol. The molecule has 0 aliphatic heterocycles. The molecule has 0 aromatic carbocycles. The Balaban J connectivity index is 4.15. The zero-order chi connectivity index (χ0) is 13.3. The second-order valence-electron chi connectivity index (χ2n) is 3.54. The molecule has 4 N–H and O–H groups in total. The third-order valence-electron chi connectivity index (χ3n) is 2.25. The molecule has 0 bridgehead atoms. The first kappa shape index (κ1) is 16.2. The molecule has 100 valence electrons. The SMILES string of the molecule is COC(CN)CC(=O)N[C@H](CCSC)C(=O)O. The van der Waals surface area contributed by atoms with Crippen LogP contribution in [0.15, 0.2) is 0 Å². The fraction of sp³-hybridized carbons (Fsp3) is 0.800. The molecule has 0 spiro atoms. The van der Waals surface area contributed by atoms with E-state index in [4.69, 9.17) is 15.6 Å². The van der Waals surface area contributed by atoms with Crippen molar-refractivity contribution in [1.82, 2.24) is 5.32 Å². The van der Waals surface area contributed by atoms with E-state index in [1.54, 1.807) is 0 Å². The lowest BCUT2D eigenvalue weighted by Gasteiger charge is -2.16. The number of methoxy groups -OCH3 is 1. The van der Waals surface area contributed by atoms with Gasteiger partial charge in [0.15, 0.2) is 0 Å². The van der Waals surface area contributed by atoms with Crippen molar-refractivity contribution < 1.29 is 19.4 Å². The molecule has 0 aromatic rings. The summed E-state index contributed by atoms with van der Waals surface area (Å²) < 4.78 is 4.96. The summed E-state index contributed by atoms with van der Waals surface area (Å²) in [6, 6.07) is -0.842. The quantitative estimate of drug-likeness (QED) is 0.527. The van der Waals surface area contributed by atoms with Crippen LogP contribution in [0, 0.1) is 0 Å². The summed E-state index contributed by atoms with van der Waals surface area (Å²) >= 11 is 1.54. The average molecular weight is 264 g/mol. The Bertz CT molecular complexity index is 246. The van der Waals surface area contributed by atoms with Crippen LogP contribution in [0.1, 0.15) is 12.8 Å². The average Bonchev–Trinajstić information content (AvgIpc) is 2.30. The number of hydrogen-bond donors (Lipinski definition) is 3. The van der Waals surface area contributed by atoms with Crippen molar-refractivity contribution in [3.63, 3.8) is 0 Å². The number of carbonyl (C=O) groups is 2. The van der Waals surface area contributed by atoms with E-state index in [1.807, 2.05) is 6.26 Å². The van der Waals surface area contributed by atoms with Gasteiger partial charge >= 0.3 is 5.97 Å². The second kappa shape index (κ2) is 9.26. The topological polar surface area (TPSA) is 102 Å². The highest BCUT2D eigenvalue weighted by atomic mass is 32.2. The summed E-state index contributed by atoms with van der Waals surface area (Å²) in [6.45, 7) is 0.229. The molecule has 0 aliphatic rings. The molecule has 17 heavy (non-hydrogen) atoms. The van der Waals surface area contributed by atoms with Crippen LogP contribution < -0.4 is 11.1 Å². The molecular formula is C10H20N2O4S. The fourth-order valence-corrected chi connectivity index (χ4v) is 1.69. The number of carboxylic acids is 1. The van der Waals surface area contributed by atoms with Crippen molar-refractivity contribution >= 4 is 23.6 Å². The summed E-state index contributed by atoms with van der Waals surface area (Å²) in [5, 5.41) is 11.4. The summed E-state index contributed by atoms with van der Waals surface area (Å²) in [6.07, 6.45) is 2.00. The molecule has 1 unspecified atom stereocenters. The fourth-order valence-electron chi connectivity index (χ4n) is 1.22. The Labute approximate surface area is 105 Å². The summed E-state index contributed by atoms with van der Waals surface area (Å²) in [5.41, 5.74) is 5.38. The van der Waals surface area contributed by atoms with Crippen LogP contribution in [-0.4, -0.2) is 54.8 Å². The van der Waals surface area contributed by atoms with Crippen molar-refractivity contribution in [3.8, 4) is 0 Å². The van der Waals surface area contributed by atoms with E-state index in [1.165, 1.54) is 18.9 Å². The van der Waals surface area contributed by atoms with Gasteiger partial charge in [0.05, 0.1) is 12.5 Å². The maximum atomic E-state index is 11.5. The van der Waals surface area contributed by atoms with Crippen LogP contribution in [-0.2, 0) is 14.3 Å². The smallest absolute Gasteiger partial charge is 0.326 e. The third kappa shape index (κ3) is 7.19. The molecule has 0 aliphatic carbocycles. The van der Waals surface area contributed by atoms with Crippen LogP contribution in [0.4, 0.5) is 0 Å². The van der Waals surface area contributed by atoms with Gasteiger partial charge in [0.2, 0.25) is 5.91 Å².